The first kappa shape index (κ1) is 20.1. The highest BCUT2D eigenvalue weighted by Crippen LogP contribution is 2.15. The maximum atomic E-state index is 12.4. The van der Waals surface area contributed by atoms with E-state index in [9.17, 15) is 13.2 Å². The minimum Gasteiger partial charge on any atom is -0.348 e. The van der Waals surface area contributed by atoms with E-state index in [0.717, 1.165) is 22.0 Å². The molecule has 0 aliphatic carbocycles. The molecule has 0 radical (unpaired) electrons. The summed E-state index contributed by atoms with van der Waals surface area (Å²) >= 11 is 0. The number of carbonyl (C=O) groups is 1. The molecule has 2 rings (SSSR count). The van der Waals surface area contributed by atoms with Gasteiger partial charge in [-0.25, -0.2) is 12.7 Å². The van der Waals surface area contributed by atoms with Crippen molar-refractivity contribution in [1.82, 2.24) is 14.5 Å². The zero-order chi connectivity index (χ0) is 19.3. The van der Waals surface area contributed by atoms with Crippen molar-refractivity contribution in [3.8, 4) is 0 Å². The molecule has 0 aliphatic rings. The van der Waals surface area contributed by atoms with E-state index in [1.54, 1.807) is 0 Å². The summed E-state index contributed by atoms with van der Waals surface area (Å²) in [7, 11) is 3.45. The molecule has 26 heavy (non-hydrogen) atoms. The minimum absolute atomic E-state index is 0.162. The molecule has 0 bridgehead atoms. The van der Waals surface area contributed by atoms with E-state index in [1.807, 2.05) is 38.4 Å². The Morgan fingerprint density at radius 2 is 1.50 bits per heavy atom. The molecule has 0 aliphatic heterocycles. The van der Waals surface area contributed by atoms with Crippen LogP contribution in [0.15, 0.2) is 53.4 Å². The number of hydrogen-bond donors (Lipinski definition) is 1. The second-order valence-corrected chi connectivity index (χ2v) is 8.65. The van der Waals surface area contributed by atoms with Crippen molar-refractivity contribution in [2.45, 2.75) is 18.0 Å². The highest BCUT2D eigenvalue weighted by molar-refractivity contribution is 7.89. The largest absolute Gasteiger partial charge is 0.348 e. The zero-order valence-corrected chi connectivity index (χ0v) is 16.4. The highest BCUT2D eigenvalue weighted by atomic mass is 32.2. The number of benzene rings is 2. The van der Waals surface area contributed by atoms with Crippen molar-refractivity contribution >= 4 is 15.9 Å². The average Bonchev–Trinajstić information content (AvgIpc) is 2.60. The van der Waals surface area contributed by atoms with Crippen LogP contribution in [0.5, 0.6) is 0 Å². The fourth-order valence-electron chi connectivity index (χ4n) is 2.49. The van der Waals surface area contributed by atoms with E-state index in [2.05, 4.69) is 10.2 Å². The summed E-state index contributed by atoms with van der Waals surface area (Å²) in [5, 5.41) is 2.89. The molecule has 6 nitrogen and oxygen atoms in total. The van der Waals surface area contributed by atoms with Crippen molar-refractivity contribution in [1.29, 1.82) is 0 Å². The Bertz CT molecular complexity index is 860. The number of hydrogen-bond acceptors (Lipinski definition) is 4. The fraction of sp³-hybridized carbons (Fsp3) is 0.316. The number of carbonyl (C=O) groups excluding carboxylic acids is 1. The van der Waals surface area contributed by atoms with Gasteiger partial charge >= 0.3 is 0 Å². The minimum atomic E-state index is -3.49. The third-order valence-corrected chi connectivity index (χ3v) is 5.77. The monoisotopic (exact) mass is 375 g/mol. The van der Waals surface area contributed by atoms with Crippen LogP contribution in [0.3, 0.4) is 0 Å². The summed E-state index contributed by atoms with van der Waals surface area (Å²) in [6.45, 7) is 1.21. The predicted octanol–water partition coefficient (Wildman–Crippen LogP) is 1.93. The number of rotatable bonds is 7. The molecule has 0 aromatic heterocycles. The van der Waals surface area contributed by atoms with E-state index >= 15 is 0 Å². The Balaban J connectivity index is 2.08. The van der Waals surface area contributed by atoms with Gasteiger partial charge in [-0.3, -0.25) is 4.79 Å². The van der Waals surface area contributed by atoms with Crippen LogP contribution < -0.4 is 5.32 Å². The summed E-state index contributed by atoms with van der Waals surface area (Å²) in [6, 6.07) is 13.9. The first-order chi connectivity index (χ1) is 12.2. The molecule has 0 heterocycles. The smallest absolute Gasteiger partial charge is 0.251 e. The number of nitrogens with one attached hydrogen (secondary N) is 1. The van der Waals surface area contributed by atoms with E-state index in [1.165, 1.54) is 38.4 Å². The lowest BCUT2D eigenvalue weighted by Gasteiger charge is -2.15. The molecule has 0 saturated heterocycles. The first-order valence-electron chi connectivity index (χ1n) is 8.24. The van der Waals surface area contributed by atoms with Gasteiger partial charge in [-0.2, -0.15) is 0 Å². The Kier molecular flexibility index (Phi) is 6.52. The molecule has 140 valence electrons. The standard InChI is InChI=1S/C19H25N3O3S/c1-21(2)14-17-8-6-5-7-16(17)13-20-19(23)15-9-11-18(12-10-15)26(24,25)22(3)4/h5-12H,13-14H2,1-4H3,(H,20,23). The molecule has 2 aromatic rings. The predicted molar refractivity (Wildman–Crippen MR) is 102 cm³/mol. The Hall–Kier alpha value is -2.22. The highest BCUT2D eigenvalue weighted by Gasteiger charge is 2.17. The van der Waals surface area contributed by atoms with Crippen LogP contribution in [0.4, 0.5) is 0 Å². The quantitative estimate of drug-likeness (QED) is 0.803. The van der Waals surface area contributed by atoms with Gasteiger partial charge < -0.3 is 10.2 Å². The molecular formula is C19H25N3O3S. The Morgan fingerprint density at radius 3 is 2.04 bits per heavy atom. The molecule has 1 N–H and O–H groups in total. The maximum absolute atomic E-state index is 12.4. The summed E-state index contributed by atoms with van der Waals surface area (Å²) in [5.74, 6) is -0.238. The molecule has 0 atom stereocenters. The van der Waals surface area contributed by atoms with Crippen LogP contribution >= 0.6 is 0 Å². The van der Waals surface area contributed by atoms with E-state index < -0.39 is 10.0 Å². The molecule has 0 unspecified atom stereocenters. The van der Waals surface area contributed by atoms with Crippen LogP contribution in [0.1, 0.15) is 21.5 Å². The van der Waals surface area contributed by atoms with Crippen molar-refractivity contribution < 1.29 is 13.2 Å². The number of amides is 1. The lowest BCUT2D eigenvalue weighted by molar-refractivity contribution is 0.0950. The molecule has 7 heteroatoms. The van der Waals surface area contributed by atoms with Crippen LogP contribution in [0.2, 0.25) is 0 Å². The fourth-order valence-corrected chi connectivity index (χ4v) is 3.39. The lowest BCUT2D eigenvalue weighted by Crippen LogP contribution is -2.25. The van der Waals surface area contributed by atoms with Gasteiger partial charge in [-0.05, 0) is 49.5 Å². The van der Waals surface area contributed by atoms with E-state index in [0.29, 0.717) is 12.1 Å². The van der Waals surface area contributed by atoms with Gasteiger partial charge in [0.2, 0.25) is 10.0 Å². The van der Waals surface area contributed by atoms with Crippen molar-refractivity contribution in [2.24, 2.45) is 0 Å². The average molecular weight is 375 g/mol. The first-order valence-corrected chi connectivity index (χ1v) is 9.68. The molecule has 0 saturated carbocycles. The Labute approximate surface area is 155 Å². The number of sulfonamides is 1. The van der Waals surface area contributed by atoms with Crippen LogP contribution in [0.25, 0.3) is 0 Å². The number of nitrogens with zero attached hydrogens (tertiary/aromatic N) is 2. The topological polar surface area (TPSA) is 69.7 Å². The maximum Gasteiger partial charge on any atom is 0.251 e. The van der Waals surface area contributed by atoms with E-state index in [-0.39, 0.29) is 10.8 Å². The zero-order valence-electron chi connectivity index (χ0n) is 15.6. The Morgan fingerprint density at radius 1 is 0.923 bits per heavy atom. The van der Waals surface area contributed by atoms with Gasteiger partial charge in [-0.15, -0.1) is 0 Å². The SMILES string of the molecule is CN(C)Cc1ccccc1CNC(=O)c1ccc(S(=O)(=O)N(C)C)cc1. The van der Waals surface area contributed by atoms with Crippen LogP contribution in [0, 0.1) is 0 Å². The van der Waals surface area contributed by atoms with Crippen molar-refractivity contribution in [2.75, 3.05) is 28.2 Å². The molecular weight excluding hydrogens is 350 g/mol. The van der Waals surface area contributed by atoms with Crippen LogP contribution in [-0.2, 0) is 23.1 Å². The molecule has 0 spiro atoms. The van der Waals surface area contributed by atoms with Crippen molar-refractivity contribution in [3.05, 3.63) is 65.2 Å². The second-order valence-electron chi connectivity index (χ2n) is 6.50. The van der Waals surface area contributed by atoms with Crippen molar-refractivity contribution in [3.63, 3.8) is 0 Å². The van der Waals surface area contributed by atoms with Gasteiger partial charge in [0.25, 0.3) is 5.91 Å². The summed E-state index contributed by atoms with van der Waals surface area (Å²) < 4.78 is 25.3. The van der Waals surface area contributed by atoms with Gasteiger partial charge in [-0.1, -0.05) is 24.3 Å². The summed E-state index contributed by atoms with van der Waals surface area (Å²) in [6.07, 6.45) is 0. The van der Waals surface area contributed by atoms with E-state index in [4.69, 9.17) is 0 Å². The molecule has 2 aromatic carbocycles. The van der Waals surface area contributed by atoms with Crippen LogP contribution in [-0.4, -0.2) is 51.7 Å². The normalized spacial score (nSPS) is 11.8. The third-order valence-electron chi connectivity index (χ3n) is 3.94. The van der Waals surface area contributed by atoms with Gasteiger partial charge in [0.15, 0.2) is 0 Å². The van der Waals surface area contributed by atoms with Gasteiger partial charge in [0, 0.05) is 32.7 Å². The lowest BCUT2D eigenvalue weighted by atomic mass is 10.1. The molecule has 0 fully saturated rings. The second kappa shape index (κ2) is 8.44. The summed E-state index contributed by atoms with van der Waals surface area (Å²) in [4.78, 5) is 14.6. The van der Waals surface area contributed by atoms with Gasteiger partial charge in [0.05, 0.1) is 4.90 Å². The third kappa shape index (κ3) is 4.91. The molecule has 1 amide bonds. The summed E-state index contributed by atoms with van der Waals surface area (Å²) in [5.41, 5.74) is 2.64. The van der Waals surface area contributed by atoms with Gasteiger partial charge in [0.1, 0.15) is 0 Å².